The molecule has 1 heterocycles. The second kappa shape index (κ2) is 5.95. The molecular formula is C19H20FN3. The molecule has 0 fully saturated rings. The number of benzene rings is 2. The minimum Gasteiger partial charge on any atom is -0.365 e. The van der Waals surface area contributed by atoms with E-state index in [1.807, 2.05) is 30.3 Å². The van der Waals surface area contributed by atoms with E-state index in [-0.39, 0.29) is 11.2 Å². The first kappa shape index (κ1) is 15.4. The van der Waals surface area contributed by atoms with E-state index in [4.69, 9.17) is 4.98 Å². The molecule has 0 saturated carbocycles. The molecule has 118 valence electrons. The molecule has 0 amide bonds. The van der Waals surface area contributed by atoms with Gasteiger partial charge in [0, 0.05) is 17.3 Å². The molecule has 1 N–H and O–H groups in total. The minimum atomic E-state index is -0.229. The summed E-state index contributed by atoms with van der Waals surface area (Å²) in [5.74, 6) is 1.34. The van der Waals surface area contributed by atoms with Gasteiger partial charge < -0.3 is 5.32 Å². The zero-order chi connectivity index (χ0) is 16.4. The number of hydrogen-bond donors (Lipinski definition) is 1. The number of anilines is 1. The Morgan fingerprint density at radius 3 is 2.52 bits per heavy atom. The van der Waals surface area contributed by atoms with Crippen LogP contribution in [0.5, 0.6) is 0 Å². The Balaban J connectivity index is 1.98. The number of para-hydroxylation sites is 1. The second-order valence-electron chi connectivity index (χ2n) is 6.65. The summed E-state index contributed by atoms with van der Waals surface area (Å²) in [6.07, 6.45) is 0. The van der Waals surface area contributed by atoms with E-state index in [1.165, 1.54) is 12.1 Å². The van der Waals surface area contributed by atoms with Crippen LogP contribution in [-0.4, -0.2) is 9.97 Å². The predicted octanol–water partition coefficient (Wildman–Crippen LogP) is 4.68. The van der Waals surface area contributed by atoms with Crippen LogP contribution < -0.4 is 5.32 Å². The lowest BCUT2D eigenvalue weighted by molar-refractivity contribution is 0.549. The lowest BCUT2D eigenvalue weighted by atomic mass is 9.95. The summed E-state index contributed by atoms with van der Waals surface area (Å²) in [7, 11) is 0. The number of aromatic nitrogens is 2. The van der Waals surface area contributed by atoms with Gasteiger partial charge in [-0.05, 0) is 29.8 Å². The maximum atomic E-state index is 13.3. The Bertz CT molecular complexity index is 837. The summed E-state index contributed by atoms with van der Waals surface area (Å²) in [5.41, 5.74) is 1.65. The van der Waals surface area contributed by atoms with Crippen LogP contribution in [0.2, 0.25) is 0 Å². The van der Waals surface area contributed by atoms with Crippen LogP contribution in [0.3, 0.4) is 0 Å². The van der Waals surface area contributed by atoms with Crippen LogP contribution in [-0.2, 0) is 12.0 Å². The van der Waals surface area contributed by atoms with E-state index in [0.29, 0.717) is 6.54 Å². The van der Waals surface area contributed by atoms with Crippen molar-refractivity contribution in [3.05, 3.63) is 65.7 Å². The molecule has 0 atom stereocenters. The van der Waals surface area contributed by atoms with Crippen LogP contribution in [0.4, 0.5) is 10.2 Å². The van der Waals surface area contributed by atoms with Crippen molar-refractivity contribution in [2.24, 2.45) is 0 Å². The summed E-state index contributed by atoms with van der Waals surface area (Å²) in [5, 5.41) is 4.30. The first-order valence-corrected chi connectivity index (χ1v) is 7.69. The molecule has 0 spiro atoms. The topological polar surface area (TPSA) is 37.8 Å². The molecule has 3 rings (SSSR count). The molecule has 1 aromatic heterocycles. The molecule has 0 aliphatic rings. The molecule has 0 unspecified atom stereocenters. The van der Waals surface area contributed by atoms with Gasteiger partial charge in [0.15, 0.2) is 0 Å². The van der Waals surface area contributed by atoms with Gasteiger partial charge in [0.25, 0.3) is 0 Å². The van der Waals surface area contributed by atoms with Gasteiger partial charge in [-0.3, -0.25) is 0 Å². The van der Waals surface area contributed by atoms with Gasteiger partial charge >= 0.3 is 0 Å². The number of nitrogens with zero attached hydrogens (tertiary/aromatic N) is 2. The summed E-state index contributed by atoms with van der Waals surface area (Å²) < 4.78 is 13.3. The third-order valence-corrected chi connectivity index (χ3v) is 3.62. The third-order valence-electron chi connectivity index (χ3n) is 3.62. The Kier molecular flexibility index (Phi) is 3.99. The molecule has 3 nitrogen and oxygen atoms in total. The maximum Gasteiger partial charge on any atom is 0.137 e. The lowest BCUT2D eigenvalue weighted by Crippen LogP contribution is -2.17. The van der Waals surface area contributed by atoms with Crippen molar-refractivity contribution in [2.75, 3.05) is 5.32 Å². The van der Waals surface area contributed by atoms with Gasteiger partial charge in [0.2, 0.25) is 0 Å². The number of rotatable bonds is 3. The van der Waals surface area contributed by atoms with Gasteiger partial charge in [-0.1, -0.05) is 45.0 Å². The number of hydrogen-bond acceptors (Lipinski definition) is 3. The van der Waals surface area contributed by atoms with Crippen molar-refractivity contribution in [3.63, 3.8) is 0 Å². The molecule has 0 radical (unpaired) electrons. The SMILES string of the molecule is CC(C)(C)c1nc(NCc2cccc(F)c2)c2ccccc2n1. The zero-order valence-electron chi connectivity index (χ0n) is 13.6. The van der Waals surface area contributed by atoms with Crippen LogP contribution >= 0.6 is 0 Å². The third kappa shape index (κ3) is 3.47. The highest BCUT2D eigenvalue weighted by Gasteiger charge is 2.19. The van der Waals surface area contributed by atoms with Gasteiger partial charge in [0.05, 0.1) is 5.52 Å². The van der Waals surface area contributed by atoms with E-state index in [2.05, 4.69) is 31.1 Å². The molecule has 0 bridgehead atoms. The molecule has 0 aliphatic carbocycles. The van der Waals surface area contributed by atoms with Crippen molar-refractivity contribution >= 4 is 16.7 Å². The molecule has 4 heteroatoms. The smallest absolute Gasteiger partial charge is 0.137 e. The van der Waals surface area contributed by atoms with Gasteiger partial charge in [-0.2, -0.15) is 0 Å². The average molecular weight is 309 g/mol. The van der Waals surface area contributed by atoms with Crippen molar-refractivity contribution in [3.8, 4) is 0 Å². The van der Waals surface area contributed by atoms with E-state index >= 15 is 0 Å². The van der Waals surface area contributed by atoms with Gasteiger partial charge in [-0.25, -0.2) is 14.4 Å². The van der Waals surface area contributed by atoms with Crippen LogP contribution in [0.1, 0.15) is 32.2 Å². The number of halogens is 1. The first-order chi connectivity index (χ1) is 10.9. The Morgan fingerprint density at radius 1 is 1.00 bits per heavy atom. The molecule has 2 aromatic carbocycles. The molecular weight excluding hydrogens is 289 g/mol. The quantitative estimate of drug-likeness (QED) is 0.763. The first-order valence-electron chi connectivity index (χ1n) is 7.69. The summed E-state index contributed by atoms with van der Waals surface area (Å²) in [6.45, 7) is 6.79. The van der Waals surface area contributed by atoms with E-state index in [1.54, 1.807) is 6.07 Å². The molecule has 3 aromatic rings. The fraction of sp³-hybridized carbons (Fsp3) is 0.263. The highest BCUT2D eigenvalue weighted by atomic mass is 19.1. The fourth-order valence-corrected chi connectivity index (χ4v) is 2.38. The van der Waals surface area contributed by atoms with Gasteiger partial charge in [-0.15, -0.1) is 0 Å². The lowest BCUT2D eigenvalue weighted by Gasteiger charge is -2.19. The van der Waals surface area contributed by atoms with Crippen LogP contribution in [0.15, 0.2) is 48.5 Å². The van der Waals surface area contributed by atoms with E-state index in [9.17, 15) is 4.39 Å². The van der Waals surface area contributed by atoms with Crippen molar-refractivity contribution < 1.29 is 4.39 Å². The molecule has 0 aliphatic heterocycles. The number of nitrogens with one attached hydrogen (secondary N) is 1. The second-order valence-corrected chi connectivity index (χ2v) is 6.65. The van der Waals surface area contributed by atoms with Crippen LogP contribution in [0.25, 0.3) is 10.9 Å². The fourth-order valence-electron chi connectivity index (χ4n) is 2.38. The van der Waals surface area contributed by atoms with Crippen LogP contribution in [0, 0.1) is 5.82 Å². The highest BCUT2D eigenvalue weighted by molar-refractivity contribution is 5.89. The zero-order valence-corrected chi connectivity index (χ0v) is 13.6. The van der Waals surface area contributed by atoms with Gasteiger partial charge in [0.1, 0.15) is 17.5 Å². The van der Waals surface area contributed by atoms with E-state index < -0.39 is 0 Å². The Morgan fingerprint density at radius 2 is 1.78 bits per heavy atom. The molecule has 23 heavy (non-hydrogen) atoms. The van der Waals surface area contributed by atoms with Crippen molar-refractivity contribution in [1.29, 1.82) is 0 Å². The monoisotopic (exact) mass is 309 g/mol. The largest absolute Gasteiger partial charge is 0.365 e. The standard InChI is InChI=1S/C19H20FN3/c1-19(2,3)18-22-16-10-5-4-9-15(16)17(23-18)21-12-13-7-6-8-14(20)11-13/h4-11H,12H2,1-3H3,(H,21,22,23). The summed E-state index contributed by atoms with van der Waals surface area (Å²) in [6, 6.07) is 14.5. The summed E-state index contributed by atoms with van der Waals surface area (Å²) >= 11 is 0. The van der Waals surface area contributed by atoms with E-state index in [0.717, 1.165) is 28.1 Å². The van der Waals surface area contributed by atoms with Crippen molar-refractivity contribution in [1.82, 2.24) is 9.97 Å². The Hall–Kier alpha value is -2.49. The number of fused-ring (bicyclic) bond motifs is 1. The highest BCUT2D eigenvalue weighted by Crippen LogP contribution is 2.26. The average Bonchev–Trinajstić information content (AvgIpc) is 2.51. The predicted molar refractivity (Wildman–Crippen MR) is 92.0 cm³/mol. The van der Waals surface area contributed by atoms with Crippen molar-refractivity contribution in [2.45, 2.75) is 32.7 Å². The molecule has 0 saturated heterocycles. The minimum absolute atomic E-state index is 0.140. The normalized spacial score (nSPS) is 11.7. The summed E-state index contributed by atoms with van der Waals surface area (Å²) in [4.78, 5) is 9.36. The maximum absolute atomic E-state index is 13.3. The Labute approximate surface area is 135 Å².